The zero-order chi connectivity index (χ0) is 15.4. The number of ether oxygens (including phenoxy) is 2. The summed E-state index contributed by atoms with van der Waals surface area (Å²) in [5, 5.41) is 0. The lowest BCUT2D eigenvalue weighted by Gasteiger charge is -2.34. The lowest BCUT2D eigenvalue weighted by atomic mass is 10.1. The molecule has 0 N–H and O–H groups in total. The van der Waals surface area contributed by atoms with Gasteiger partial charge in [0.15, 0.2) is 5.78 Å². The molecule has 2 atom stereocenters. The van der Waals surface area contributed by atoms with E-state index in [4.69, 9.17) is 9.47 Å². The van der Waals surface area contributed by atoms with Crippen LogP contribution in [-0.4, -0.2) is 48.6 Å². The molecule has 0 bridgehead atoms. The summed E-state index contributed by atoms with van der Waals surface area (Å²) in [4.78, 5) is 14.5. The quantitative estimate of drug-likeness (QED) is 0.782. The van der Waals surface area contributed by atoms with Crippen molar-refractivity contribution < 1.29 is 14.3 Å². The number of hydrogen-bond acceptors (Lipinski definition) is 4. The fourth-order valence-corrected chi connectivity index (χ4v) is 2.70. The van der Waals surface area contributed by atoms with Crippen LogP contribution < -0.4 is 4.74 Å². The fraction of sp³-hybridized carbons (Fsp3) is 0.588. The van der Waals surface area contributed by atoms with E-state index in [9.17, 15) is 4.79 Å². The van der Waals surface area contributed by atoms with Crippen LogP contribution in [0.2, 0.25) is 0 Å². The topological polar surface area (TPSA) is 38.8 Å². The van der Waals surface area contributed by atoms with Crippen LogP contribution in [0.15, 0.2) is 24.3 Å². The minimum atomic E-state index is 0.142. The zero-order valence-corrected chi connectivity index (χ0v) is 13.3. The molecule has 0 saturated carbocycles. The van der Waals surface area contributed by atoms with Crippen LogP contribution in [0.25, 0.3) is 0 Å². The summed E-state index contributed by atoms with van der Waals surface area (Å²) < 4.78 is 11.3. The van der Waals surface area contributed by atoms with Gasteiger partial charge in [0.2, 0.25) is 0 Å². The van der Waals surface area contributed by atoms with Crippen molar-refractivity contribution in [1.82, 2.24) is 4.90 Å². The predicted molar refractivity (Wildman–Crippen MR) is 83.0 cm³/mol. The second-order valence-corrected chi connectivity index (χ2v) is 6.07. The molecule has 1 aromatic rings. The third-order valence-corrected chi connectivity index (χ3v) is 3.41. The summed E-state index contributed by atoms with van der Waals surface area (Å²) >= 11 is 0. The van der Waals surface area contributed by atoms with Crippen LogP contribution in [0.3, 0.4) is 0 Å². The van der Waals surface area contributed by atoms with E-state index in [0.717, 1.165) is 24.4 Å². The molecule has 4 heteroatoms. The molecule has 0 amide bonds. The number of Topliss-reactive ketones (excluding diaryl/α,β-unsaturated/α-hetero) is 1. The highest BCUT2D eigenvalue weighted by Gasteiger charge is 2.23. The summed E-state index contributed by atoms with van der Waals surface area (Å²) in [6, 6.07) is 7.40. The van der Waals surface area contributed by atoms with Crippen molar-refractivity contribution in [3.63, 3.8) is 0 Å². The number of carbonyl (C=O) groups excluding carboxylic acids is 1. The summed E-state index contributed by atoms with van der Waals surface area (Å²) in [5.74, 6) is 0.947. The Morgan fingerprint density at radius 3 is 2.33 bits per heavy atom. The number of morpholine rings is 1. The van der Waals surface area contributed by atoms with Crippen molar-refractivity contribution in [2.24, 2.45) is 0 Å². The van der Waals surface area contributed by atoms with Crippen LogP contribution in [0.5, 0.6) is 5.75 Å². The molecule has 1 saturated heterocycles. The van der Waals surface area contributed by atoms with E-state index in [1.165, 1.54) is 0 Å². The first kappa shape index (κ1) is 16.0. The average Bonchev–Trinajstić information content (AvgIpc) is 2.37. The molecule has 0 radical (unpaired) electrons. The van der Waals surface area contributed by atoms with Gasteiger partial charge in [-0.15, -0.1) is 0 Å². The Morgan fingerprint density at radius 2 is 1.81 bits per heavy atom. The molecule has 116 valence electrons. The predicted octanol–water partition coefficient (Wildman–Crippen LogP) is 2.77. The standard InChI is InChI=1S/C17H25NO3/c1-12(2)20-16-7-5-15(6-8-16)17(19)11-18-9-13(3)21-14(4)10-18/h5-8,12-14H,9-11H2,1-4H3. The maximum atomic E-state index is 12.3. The fourth-order valence-electron chi connectivity index (χ4n) is 2.70. The summed E-state index contributed by atoms with van der Waals surface area (Å²) in [5.41, 5.74) is 0.734. The van der Waals surface area contributed by atoms with E-state index in [1.807, 2.05) is 52.0 Å². The van der Waals surface area contributed by atoms with Gasteiger partial charge in [-0.1, -0.05) is 0 Å². The van der Waals surface area contributed by atoms with E-state index in [0.29, 0.717) is 6.54 Å². The number of rotatable bonds is 5. The maximum Gasteiger partial charge on any atom is 0.176 e. The molecule has 1 aliphatic rings. The van der Waals surface area contributed by atoms with E-state index >= 15 is 0 Å². The summed E-state index contributed by atoms with van der Waals surface area (Å²) in [7, 11) is 0. The number of benzene rings is 1. The van der Waals surface area contributed by atoms with Crippen molar-refractivity contribution in [1.29, 1.82) is 0 Å². The van der Waals surface area contributed by atoms with Gasteiger partial charge in [-0.05, 0) is 52.0 Å². The number of hydrogen-bond donors (Lipinski definition) is 0. The number of carbonyl (C=O) groups is 1. The lowest BCUT2D eigenvalue weighted by Crippen LogP contribution is -2.47. The van der Waals surface area contributed by atoms with Gasteiger partial charge in [0.1, 0.15) is 5.75 Å². The SMILES string of the molecule is CC(C)Oc1ccc(C(=O)CN2CC(C)OC(C)C2)cc1. The van der Waals surface area contributed by atoms with Gasteiger partial charge in [0.25, 0.3) is 0 Å². The van der Waals surface area contributed by atoms with Gasteiger partial charge in [-0.25, -0.2) is 0 Å². The van der Waals surface area contributed by atoms with Gasteiger partial charge in [-0.3, -0.25) is 9.69 Å². The van der Waals surface area contributed by atoms with Gasteiger partial charge < -0.3 is 9.47 Å². The van der Waals surface area contributed by atoms with E-state index in [-0.39, 0.29) is 24.1 Å². The van der Waals surface area contributed by atoms with Gasteiger partial charge >= 0.3 is 0 Å². The normalized spacial score (nSPS) is 23.3. The molecule has 1 aromatic carbocycles. The molecule has 2 rings (SSSR count). The molecule has 0 aliphatic carbocycles. The molecule has 21 heavy (non-hydrogen) atoms. The Hall–Kier alpha value is -1.39. The molecule has 4 nitrogen and oxygen atoms in total. The van der Waals surface area contributed by atoms with Crippen LogP contribution >= 0.6 is 0 Å². The minimum Gasteiger partial charge on any atom is -0.491 e. The largest absolute Gasteiger partial charge is 0.491 e. The van der Waals surface area contributed by atoms with Crippen molar-refractivity contribution in [3.8, 4) is 5.75 Å². The molecular weight excluding hydrogens is 266 g/mol. The Balaban J connectivity index is 1.93. The number of ketones is 1. The Morgan fingerprint density at radius 1 is 1.24 bits per heavy atom. The first-order valence-corrected chi connectivity index (χ1v) is 7.61. The van der Waals surface area contributed by atoms with E-state index in [1.54, 1.807) is 0 Å². The van der Waals surface area contributed by atoms with E-state index < -0.39 is 0 Å². The Kier molecular flexibility index (Phi) is 5.37. The third kappa shape index (κ3) is 4.83. The smallest absolute Gasteiger partial charge is 0.176 e. The van der Waals surface area contributed by atoms with Crippen LogP contribution in [0.1, 0.15) is 38.1 Å². The number of nitrogens with zero attached hydrogens (tertiary/aromatic N) is 1. The third-order valence-electron chi connectivity index (χ3n) is 3.41. The van der Waals surface area contributed by atoms with Gasteiger partial charge in [0, 0.05) is 18.7 Å². The van der Waals surface area contributed by atoms with Crippen LogP contribution in [-0.2, 0) is 4.74 Å². The molecule has 1 fully saturated rings. The molecule has 2 unspecified atom stereocenters. The highest BCUT2D eigenvalue weighted by Crippen LogP contribution is 2.16. The van der Waals surface area contributed by atoms with Crippen molar-refractivity contribution in [2.45, 2.75) is 46.0 Å². The van der Waals surface area contributed by atoms with Gasteiger partial charge in [-0.2, -0.15) is 0 Å². The minimum absolute atomic E-state index is 0.142. The summed E-state index contributed by atoms with van der Waals surface area (Å²) in [6.45, 7) is 10.1. The Labute approximate surface area is 127 Å². The first-order chi connectivity index (χ1) is 9.94. The molecule has 1 aliphatic heterocycles. The van der Waals surface area contributed by atoms with E-state index in [2.05, 4.69) is 4.90 Å². The lowest BCUT2D eigenvalue weighted by molar-refractivity contribution is -0.0652. The average molecular weight is 291 g/mol. The van der Waals surface area contributed by atoms with Crippen LogP contribution in [0, 0.1) is 0 Å². The first-order valence-electron chi connectivity index (χ1n) is 7.61. The second kappa shape index (κ2) is 7.05. The molecule has 1 heterocycles. The summed E-state index contributed by atoms with van der Waals surface area (Å²) in [6.07, 6.45) is 0.509. The highest BCUT2D eigenvalue weighted by molar-refractivity contribution is 5.97. The molecule has 0 spiro atoms. The molecular formula is C17H25NO3. The van der Waals surface area contributed by atoms with Crippen molar-refractivity contribution in [3.05, 3.63) is 29.8 Å². The van der Waals surface area contributed by atoms with Crippen molar-refractivity contribution in [2.75, 3.05) is 19.6 Å². The zero-order valence-electron chi connectivity index (χ0n) is 13.3. The second-order valence-electron chi connectivity index (χ2n) is 6.07. The highest BCUT2D eigenvalue weighted by atomic mass is 16.5. The van der Waals surface area contributed by atoms with Crippen LogP contribution in [0.4, 0.5) is 0 Å². The molecule has 0 aromatic heterocycles. The monoisotopic (exact) mass is 291 g/mol. The van der Waals surface area contributed by atoms with Gasteiger partial charge in [0.05, 0.1) is 24.9 Å². The maximum absolute atomic E-state index is 12.3. The Bertz CT molecular complexity index is 459. The van der Waals surface area contributed by atoms with Crippen molar-refractivity contribution >= 4 is 5.78 Å².